The molecule has 0 amide bonds. The Morgan fingerprint density at radius 2 is 1.67 bits per heavy atom. The van der Waals surface area contributed by atoms with E-state index in [9.17, 15) is 14.4 Å². The summed E-state index contributed by atoms with van der Waals surface area (Å²) in [6.07, 6.45) is 3.84. The first-order valence-corrected chi connectivity index (χ1v) is 8.78. The molecule has 0 aromatic carbocycles. The maximum Gasteiger partial charge on any atom is 0.303 e. The van der Waals surface area contributed by atoms with Crippen molar-refractivity contribution in [2.75, 3.05) is 0 Å². The fourth-order valence-electron chi connectivity index (χ4n) is 5.80. The van der Waals surface area contributed by atoms with Gasteiger partial charge in [-0.05, 0) is 30.6 Å². The number of ether oxygens (including phenoxy) is 2. The molecule has 0 radical (unpaired) electrons. The molecule has 0 saturated heterocycles. The Hall–Kier alpha value is -1.39. The van der Waals surface area contributed by atoms with Crippen LogP contribution in [0, 0.1) is 22.7 Å². The van der Waals surface area contributed by atoms with Gasteiger partial charge >= 0.3 is 11.9 Å². The number of carbonyl (C=O) groups excluding carboxylic acids is 3. The molecule has 0 aliphatic heterocycles. The summed E-state index contributed by atoms with van der Waals surface area (Å²) in [7, 11) is 0. The summed E-state index contributed by atoms with van der Waals surface area (Å²) in [5.41, 5.74) is -1.37. The van der Waals surface area contributed by atoms with Crippen molar-refractivity contribution in [2.24, 2.45) is 22.7 Å². The third kappa shape index (κ3) is 3.09. The Morgan fingerprint density at radius 3 is 2.17 bits per heavy atom. The summed E-state index contributed by atoms with van der Waals surface area (Å²) >= 11 is 0. The minimum atomic E-state index is -0.952. The summed E-state index contributed by atoms with van der Waals surface area (Å²) in [5, 5.41) is 0. The Labute approximate surface area is 144 Å². The molecule has 5 atom stereocenters. The van der Waals surface area contributed by atoms with Crippen molar-refractivity contribution in [3.63, 3.8) is 0 Å². The van der Waals surface area contributed by atoms with Gasteiger partial charge in [-0.3, -0.25) is 9.59 Å². The van der Waals surface area contributed by atoms with E-state index in [0.717, 1.165) is 25.5 Å². The Kier molecular flexibility index (Phi) is 4.86. The van der Waals surface area contributed by atoms with Crippen LogP contribution < -0.4 is 0 Å². The van der Waals surface area contributed by atoms with Crippen LogP contribution in [-0.4, -0.2) is 29.9 Å². The van der Waals surface area contributed by atoms with Gasteiger partial charge in [-0.15, -0.1) is 0 Å². The molecular weight excluding hydrogens is 308 g/mol. The zero-order chi connectivity index (χ0) is 18.3. The van der Waals surface area contributed by atoms with Crippen molar-refractivity contribution >= 4 is 18.2 Å². The van der Waals surface area contributed by atoms with Gasteiger partial charge in [0.15, 0.2) is 0 Å². The van der Waals surface area contributed by atoms with Gasteiger partial charge in [0.1, 0.15) is 18.0 Å². The second-order valence-electron chi connectivity index (χ2n) is 8.70. The lowest BCUT2D eigenvalue weighted by Gasteiger charge is -2.62. The Bertz CT molecular complexity index is 540. The zero-order valence-electron chi connectivity index (χ0n) is 15.7. The Balaban J connectivity index is 2.55. The lowest BCUT2D eigenvalue weighted by atomic mass is 9.45. The lowest BCUT2D eigenvalue weighted by molar-refractivity contribution is -0.226. The summed E-state index contributed by atoms with van der Waals surface area (Å²) in [6, 6.07) is 0. The molecule has 2 fully saturated rings. The van der Waals surface area contributed by atoms with Gasteiger partial charge in [-0.25, -0.2) is 0 Å². The van der Waals surface area contributed by atoms with Gasteiger partial charge < -0.3 is 14.3 Å². The minimum Gasteiger partial charge on any atom is -0.462 e. The predicted molar refractivity (Wildman–Crippen MR) is 89.1 cm³/mol. The highest BCUT2D eigenvalue weighted by molar-refractivity contribution is 5.68. The molecule has 2 rings (SSSR count). The van der Waals surface area contributed by atoms with Crippen LogP contribution >= 0.6 is 0 Å². The van der Waals surface area contributed by atoms with Crippen molar-refractivity contribution in [1.82, 2.24) is 0 Å². The van der Waals surface area contributed by atoms with Crippen molar-refractivity contribution < 1.29 is 23.9 Å². The summed E-state index contributed by atoms with van der Waals surface area (Å²) in [6.45, 7) is 11.0. The first kappa shape index (κ1) is 18.9. The summed E-state index contributed by atoms with van der Waals surface area (Å²) in [4.78, 5) is 35.4. The van der Waals surface area contributed by atoms with E-state index >= 15 is 0 Å². The molecule has 0 unspecified atom stereocenters. The van der Waals surface area contributed by atoms with Crippen LogP contribution in [0.15, 0.2) is 0 Å². The normalized spacial score (nSPS) is 41.0. The molecule has 24 heavy (non-hydrogen) atoms. The van der Waals surface area contributed by atoms with Crippen LogP contribution in [0.3, 0.4) is 0 Å². The molecule has 0 aromatic heterocycles. The third-order valence-corrected chi connectivity index (χ3v) is 6.27. The van der Waals surface area contributed by atoms with Gasteiger partial charge in [-0.2, -0.15) is 0 Å². The van der Waals surface area contributed by atoms with Crippen LogP contribution in [0.5, 0.6) is 0 Å². The highest BCUT2D eigenvalue weighted by atomic mass is 16.6. The maximum absolute atomic E-state index is 12.1. The molecule has 5 nitrogen and oxygen atoms in total. The quantitative estimate of drug-likeness (QED) is 0.583. The van der Waals surface area contributed by atoms with Crippen molar-refractivity contribution in [1.29, 1.82) is 0 Å². The molecule has 0 heterocycles. The highest BCUT2D eigenvalue weighted by Crippen LogP contribution is 2.62. The van der Waals surface area contributed by atoms with Gasteiger partial charge in [0.05, 0.1) is 5.92 Å². The van der Waals surface area contributed by atoms with Gasteiger partial charge in [-0.1, -0.05) is 27.2 Å². The summed E-state index contributed by atoms with van der Waals surface area (Å²) < 4.78 is 11.3. The highest BCUT2D eigenvalue weighted by Gasteiger charge is 2.64. The number of hydrogen-bond donors (Lipinski definition) is 0. The molecule has 5 heteroatoms. The van der Waals surface area contributed by atoms with Crippen LogP contribution in [-0.2, 0) is 23.9 Å². The number of rotatable bonds is 3. The largest absolute Gasteiger partial charge is 0.462 e. The van der Waals surface area contributed by atoms with Crippen LogP contribution in [0.4, 0.5) is 0 Å². The number of carbonyl (C=O) groups is 3. The van der Waals surface area contributed by atoms with E-state index in [1.807, 2.05) is 0 Å². The second kappa shape index (κ2) is 6.16. The average Bonchev–Trinajstić information content (AvgIpc) is 2.34. The van der Waals surface area contributed by atoms with Crippen LogP contribution in [0.1, 0.15) is 67.2 Å². The first-order valence-electron chi connectivity index (χ1n) is 8.78. The first-order chi connectivity index (χ1) is 11.0. The van der Waals surface area contributed by atoms with Crippen molar-refractivity contribution in [3.05, 3.63) is 0 Å². The molecule has 2 aliphatic rings. The molecule has 0 bridgehead atoms. The third-order valence-electron chi connectivity index (χ3n) is 6.27. The van der Waals surface area contributed by atoms with Gasteiger partial charge in [0.2, 0.25) is 0 Å². The fraction of sp³-hybridized carbons (Fsp3) is 0.842. The zero-order valence-corrected chi connectivity index (χ0v) is 15.7. The monoisotopic (exact) mass is 338 g/mol. The van der Waals surface area contributed by atoms with Crippen molar-refractivity contribution in [3.8, 4) is 0 Å². The number of hydrogen-bond acceptors (Lipinski definition) is 5. The van der Waals surface area contributed by atoms with Crippen LogP contribution in [0.2, 0.25) is 0 Å². The minimum absolute atomic E-state index is 0.0497. The van der Waals surface area contributed by atoms with Crippen molar-refractivity contribution in [2.45, 2.75) is 78.9 Å². The number of aldehydes is 1. The smallest absolute Gasteiger partial charge is 0.303 e. The Morgan fingerprint density at radius 1 is 1.04 bits per heavy atom. The average molecular weight is 338 g/mol. The molecule has 2 saturated carbocycles. The maximum atomic E-state index is 12.1. The second-order valence-corrected chi connectivity index (χ2v) is 8.70. The number of esters is 2. The summed E-state index contributed by atoms with van der Waals surface area (Å²) in [5.74, 6) is -1.10. The standard InChI is InChI=1S/C19H30O5/c1-12(21)23-14-10-19(6,24-13(2)22)15(11-20)18(5)9-7-8-17(3,4)16(14)18/h11,14-16H,7-10H2,1-6H3/t14-,15+,16-,18+,19+/m0/s1. The molecular formula is C19H30O5. The predicted octanol–water partition coefficient (Wildman–Crippen LogP) is 3.29. The van der Waals surface area contributed by atoms with Gasteiger partial charge in [0.25, 0.3) is 0 Å². The van der Waals surface area contributed by atoms with E-state index in [-0.39, 0.29) is 28.8 Å². The molecule has 0 aromatic rings. The topological polar surface area (TPSA) is 69.7 Å². The molecule has 0 N–H and O–H groups in total. The van der Waals surface area contributed by atoms with Crippen LogP contribution in [0.25, 0.3) is 0 Å². The van der Waals surface area contributed by atoms with E-state index in [2.05, 4.69) is 20.8 Å². The van der Waals surface area contributed by atoms with E-state index in [4.69, 9.17) is 9.47 Å². The van der Waals surface area contributed by atoms with E-state index in [1.54, 1.807) is 6.92 Å². The molecule has 2 aliphatic carbocycles. The lowest BCUT2D eigenvalue weighted by Crippen LogP contribution is -2.64. The molecule has 0 spiro atoms. The SMILES string of the molecule is CC(=O)O[C@H]1C[C@@](C)(OC(C)=O)[C@H](C=O)[C@@]2(C)CCCC(C)(C)[C@H]12. The van der Waals surface area contributed by atoms with Gasteiger partial charge in [0, 0.05) is 26.2 Å². The van der Waals surface area contributed by atoms with E-state index in [0.29, 0.717) is 6.42 Å². The fourth-order valence-corrected chi connectivity index (χ4v) is 5.80. The molecule has 136 valence electrons. The van der Waals surface area contributed by atoms with E-state index < -0.39 is 17.5 Å². The van der Waals surface area contributed by atoms with E-state index in [1.165, 1.54) is 13.8 Å². The number of fused-ring (bicyclic) bond motifs is 1.